The van der Waals surface area contributed by atoms with Crippen molar-refractivity contribution < 1.29 is 31.1 Å². The number of amides is 1. The number of rotatable bonds is 6. The van der Waals surface area contributed by atoms with E-state index in [4.69, 9.17) is 0 Å². The van der Waals surface area contributed by atoms with Crippen LogP contribution in [0.1, 0.15) is 6.92 Å². The Bertz CT molecular complexity index is 1200. The fraction of sp³-hybridized carbons (Fsp3) is 0.100. The van der Waals surface area contributed by atoms with E-state index in [1.165, 1.54) is 19.2 Å². The third-order valence-corrected chi connectivity index (χ3v) is 5.22. The average Bonchev–Trinajstić information content (AvgIpc) is 2.67. The zero-order valence-corrected chi connectivity index (χ0v) is 16.8. The van der Waals surface area contributed by atoms with Gasteiger partial charge in [-0.15, -0.1) is 13.2 Å². The van der Waals surface area contributed by atoms with Gasteiger partial charge in [-0.25, -0.2) is 13.4 Å². The van der Waals surface area contributed by atoms with Crippen LogP contribution >= 0.6 is 0 Å². The highest BCUT2D eigenvalue weighted by atomic mass is 32.2. The van der Waals surface area contributed by atoms with Gasteiger partial charge in [0.25, 0.3) is 10.0 Å². The number of benzene rings is 2. The van der Waals surface area contributed by atoms with Crippen molar-refractivity contribution in [1.82, 2.24) is 4.98 Å². The van der Waals surface area contributed by atoms with Crippen molar-refractivity contribution in [3.8, 4) is 16.9 Å². The summed E-state index contributed by atoms with van der Waals surface area (Å²) in [5.41, 5.74) is 2.00. The molecule has 11 heteroatoms. The highest BCUT2D eigenvalue weighted by Gasteiger charge is 2.31. The van der Waals surface area contributed by atoms with Crippen LogP contribution in [0.15, 0.2) is 71.8 Å². The van der Waals surface area contributed by atoms with Crippen LogP contribution in [-0.4, -0.2) is 25.7 Å². The van der Waals surface area contributed by atoms with Crippen LogP contribution in [-0.2, 0) is 14.8 Å². The number of carbonyl (C=O) groups is 1. The van der Waals surface area contributed by atoms with Crippen LogP contribution in [0.4, 0.5) is 24.7 Å². The van der Waals surface area contributed by atoms with Gasteiger partial charge in [-0.05, 0) is 42.0 Å². The second-order valence-corrected chi connectivity index (χ2v) is 8.00. The lowest BCUT2D eigenvalue weighted by Gasteiger charge is -2.11. The van der Waals surface area contributed by atoms with E-state index in [1.54, 1.807) is 30.3 Å². The number of ether oxygens (including phenoxy) is 1. The first-order valence-corrected chi connectivity index (χ1v) is 10.2. The summed E-state index contributed by atoms with van der Waals surface area (Å²) in [6.45, 7) is 1.39. The Morgan fingerprint density at radius 2 is 1.74 bits per heavy atom. The van der Waals surface area contributed by atoms with E-state index in [0.29, 0.717) is 11.3 Å². The Morgan fingerprint density at radius 3 is 2.39 bits per heavy atom. The fourth-order valence-corrected chi connectivity index (χ4v) is 3.68. The van der Waals surface area contributed by atoms with Crippen molar-refractivity contribution in [2.45, 2.75) is 18.2 Å². The normalized spacial score (nSPS) is 11.6. The number of hydrogen-bond donors (Lipinski definition) is 2. The summed E-state index contributed by atoms with van der Waals surface area (Å²) in [6.07, 6.45) is -3.52. The number of sulfonamides is 1. The largest absolute Gasteiger partial charge is 0.573 e. The summed E-state index contributed by atoms with van der Waals surface area (Å²) in [6, 6.07) is 14.0. The minimum Gasteiger partial charge on any atom is -0.406 e. The van der Waals surface area contributed by atoms with Gasteiger partial charge in [-0.2, -0.15) is 0 Å². The minimum absolute atomic E-state index is 0.0242. The van der Waals surface area contributed by atoms with Gasteiger partial charge in [0.2, 0.25) is 5.91 Å². The van der Waals surface area contributed by atoms with Crippen molar-refractivity contribution >= 4 is 27.4 Å². The monoisotopic (exact) mass is 451 g/mol. The van der Waals surface area contributed by atoms with Gasteiger partial charge in [0.15, 0.2) is 0 Å². The molecule has 3 aromatic rings. The average molecular weight is 451 g/mol. The second-order valence-electron chi connectivity index (χ2n) is 6.32. The number of nitrogens with one attached hydrogen (secondary N) is 2. The summed E-state index contributed by atoms with van der Waals surface area (Å²) in [4.78, 5) is 14.8. The third-order valence-electron chi connectivity index (χ3n) is 3.87. The molecular formula is C20H16F3N3O4S. The molecular weight excluding hydrogens is 435 g/mol. The summed E-state index contributed by atoms with van der Waals surface area (Å²) in [5, 5.41) is 2.66. The van der Waals surface area contributed by atoms with Crippen LogP contribution in [0.3, 0.4) is 0 Å². The maximum absolute atomic E-state index is 12.5. The molecule has 7 nitrogen and oxygen atoms in total. The molecule has 2 N–H and O–H groups in total. The Morgan fingerprint density at radius 1 is 1.00 bits per heavy atom. The summed E-state index contributed by atoms with van der Waals surface area (Å²) >= 11 is 0. The quantitative estimate of drug-likeness (QED) is 0.579. The Hall–Kier alpha value is -3.60. The standard InChI is InChI=1S/C20H16F3N3O4S/c1-13(27)25-16-5-2-4-14(10-16)15-8-9-19(24-12-15)26-31(28,29)18-7-3-6-17(11-18)30-20(21,22)23/h2-12H,1H3,(H,24,26)(H,25,27). The Labute approximate surface area is 175 Å². The SMILES string of the molecule is CC(=O)Nc1cccc(-c2ccc(NS(=O)(=O)c3cccc(OC(F)(F)F)c3)nc2)c1. The number of nitrogens with zero attached hydrogens (tertiary/aromatic N) is 1. The molecule has 0 unspecified atom stereocenters. The lowest BCUT2D eigenvalue weighted by Crippen LogP contribution is -2.18. The van der Waals surface area contributed by atoms with E-state index >= 15 is 0 Å². The smallest absolute Gasteiger partial charge is 0.406 e. The van der Waals surface area contributed by atoms with Gasteiger partial charge in [-0.3, -0.25) is 9.52 Å². The van der Waals surface area contributed by atoms with E-state index in [2.05, 4.69) is 19.8 Å². The molecule has 31 heavy (non-hydrogen) atoms. The van der Waals surface area contributed by atoms with Gasteiger partial charge in [0.1, 0.15) is 11.6 Å². The molecule has 1 amide bonds. The predicted octanol–water partition coefficient (Wildman–Crippen LogP) is 4.41. The molecule has 0 radical (unpaired) electrons. The van der Waals surface area contributed by atoms with Crippen molar-refractivity contribution in [3.05, 3.63) is 66.9 Å². The first-order chi connectivity index (χ1) is 14.5. The number of aromatic nitrogens is 1. The van der Waals surface area contributed by atoms with Crippen LogP contribution in [0.25, 0.3) is 11.1 Å². The first kappa shape index (κ1) is 22.1. The highest BCUT2D eigenvalue weighted by molar-refractivity contribution is 7.92. The Kier molecular flexibility index (Phi) is 6.16. The molecule has 162 valence electrons. The zero-order valence-electron chi connectivity index (χ0n) is 16.0. The van der Waals surface area contributed by atoms with Crippen molar-refractivity contribution in [3.63, 3.8) is 0 Å². The van der Waals surface area contributed by atoms with Gasteiger partial charge < -0.3 is 10.1 Å². The number of alkyl halides is 3. The topological polar surface area (TPSA) is 97.4 Å². The molecule has 0 aliphatic carbocycles. The molecule has 0 saturated carbocycles. The lowest BCUT2D eigenvalue weighted by atomic mass is 10.1. The summed E-state index contributed by atoms with van der Waals surface area (Å²) in [5.74, 6) is -0.897. The molecule has 0 bridgehead atoms. The maximum Gasteiger partial charge on any atom is 0.573 e. The molecule has 2 aromatic carbocycles. The van der Waals surface area contributed by atoms with Crippen molar-refractivity contribution in [2.75, 3.05) is 10.0 Å². The number of hydrogen-bond acceptors (Lipinski definition) is 5. The van der Waals surface area contributed by atoms with Crippen molar-refractivity contribution in [1.29, 1.82) is 0 Å². The number of carbonyl (C=O) groups excluding carboxylic acids is 1. The van der Waals surface area contributed by atoms with Crippen LogP contribution in [0, 0.1) is 0 Å². The molecule has 1 heterocycles. The number of pyridine rings is 1. The van der Waals surface area contributed by atoms with Crippen LogP contribution in [0.2, 0.25) is 0 Å². The van der Waals surface area contributed by atoms with Gasteiger partial charge in [0.05, 0.1) is 4.90 Å². The second kappa shape index (κ2) is 8.64. The van der Waals surface area contributed by atoms with E-state index in [1.807, 2.05) is 0 Å². The van der Waals surface area contributed by atoms with E-state index in [9.17, 15) is 26.4 Å². The molecule has 0 fully saturated rings. The zero-order chi connectivity index (χ0) is 22.6. The Balaban J connectivity index is 1.78. The minimum atomic E-state index is -4.94. The molecule has 3 rings (SSSR count). The number of anilines is 2. The van der Waals surface area contributed by atoms with Crippen molar-refractivity contribution in [2.24, 2.45) is 0 Å². The fourth-order valence-electron chi connectivity index (χ4n) is 2.64. The molecule has 0 spiro atoms. The maximum atomic E-state index is 12.5. The van der Waals surface area contributed by atoms with E-state index < -0.39 is 27.0 Å². The number of halogens is 3. The predicted molar refractivity (Wildman–Crippen MR) is 108 cm³/mol. The molecule has 0 atom stereocenters. The van der Waals surface area contributed by atoms with Gasteiger partial charge in [0, 0.05) is 30.4 Å². The molecule has 0 aliphatic heterocycles. The van der Waals surface area contributed by atoms with Gasteiger partial charge in [-0.1, -0.05) is 18.2 Å². The third kappa shape index (κ3) is 6.19. The molecule has 1 aromatic heterocycles. The van der Waals surface area contributed by atoms with Crippen LogP contribution < -0.4 is 14.8 Å². The molecule has 0 saturated heterocycles. The van der Waals surface area contributed by atoms with E-state index in [0.717, 1.165) is 29.8 Å². The summed E-state index contributed by atoms with van der Waals surface area (Å²) < 4.78 is 68.0. The van der Waals surface area contributed by atoms with Crippen LogP contribution in [0.5, 0.6) is 5.75 Å². The molecule has 0 aliphatic rings. The first-order valence-electron chi connectivity index (χ1n) is 8.74. The van der Waals surface area contributed by atoms with Gasteiger partial charge >= 0.3 is 6.36 Å². The highest BCUT2D eigenvalue weighted by Crippen LogP contribution is 2.27. The lowest BCUT2D eigenvalue weighted by molar-refractivity contribution is -0.274. The summed E-state index contributed by atoms with van der Waals surface area (Å²) in [7, 11) is -4.20. The van der Waals surface area contributed by atoms with E-state index in [-0.39, 0.29) is 11.7 Å².